The first-order chi connectivity index (χ1) is 16.8. The van der Waals surface area contributed by atoms with Gasteiger partial charge in [0.2, 0.25) is 0 Å². The van der Waals surface area contributed by atoms with E-state index in [2.05, 4.69) is 15.3 Å². The normalized spacial score (nSPS) is 12.3. The van der Waals surface area contributed by atoms with Crippen molar-refractivity contribution < 1.29 is 13.9 Å². The highest BCUT2D eigenvalue weighted by Crippen LogP contribution is 2.42. The van der Waals surface area contributed by atoms with Crippen LogP contribution in [0.3, 0.4) is 0 Å². The van der Waals surface area contributed by atoms with Crippen LogP contribution in [0.5, 0.6) is 0 Å². The van der Waals surface area contributed by atoms with E-state index in [9.17, 15) is 9.18 Å². The van der Waals surface area contributed by atoms with Gasteiger partial charge in [-0.25, -0.2) is 14.2 Å². The van der Waals surface area contributed by atoms with Crippen molar-refractivity contribution in [2.24, 2.45) is 0 Å². The molecule has 0 bridgehead atoms. The predicted molar refractivity (Wildman–Crippen MR) is 133 cm³/mol. The average Bonchev–Trinajstić information content (AvgIpc) is 2.83. The molecule has 3 heterocycles. The maximum atomic E-state index is 13.8. The Kier molecular flexibility index (Phi) is 7.15. The predicted octanol–water partition coefficient (Wildman–Crippen LogP) is 6.32. The minimum Gasteiger partial charge on any atom is -0.444 e. The number of hydrogen-bond acceptors (Lipinski definition) is 5. The highest BCUT2D eigenvalue weighted by Gasteiger charge is 2.30. The summed E-state index contributed by atoms with van der Waals surface area (Å²) < 4.78 is 19.2. The van der Waals surface area contributed by atoms with Gasteiger partial charge in [-0.05, 0) is 73.9 Å². The second-order valence-electron chi connectivity index (χ2n) is 9.15. The summed E-state index contributed by atoms with van der Waals surface area (Å²) in [6, 6.07) is 19.6. The number of ether oxygens (including phenoxy) is 1. The molecule has 1 atom stereocenters. The molecule has 7 heteroatoms. The van der Waals surface area contributed by atoms with Gasteiger partial charge in [-0.3, -0.25) is 15.3 Å². The third-order valence-electron chi connectivity index (χ3n) is 5.37. The fourth-order valence-corrected chi connectivity index (χ4v) is 4.00. The van der Waals surface area contributed by atoms with Gasteiger partial charge in [0.1, 0.15) is 17.2 Å². The smallest absolute Gasteiger partial charge is 0.413 e. The monoisotopic (exact) mass is 470 g/mol. The molecular weight excluding hydrogens is 443 g/mol. The highest BCUT2D eigenvalue weighted by atomic mass is 19.1. The number of aromatic nitrogens is 3. The Hall–Kier alpha value is -4.13. The van der Waals surface area contributed by atoms with Crippen LogP contribution in [-0.4, -0.2) is 26.6 Å². The van der Waals surface area contributed by atoms with Gasteiger partial charge in [0.15, 0.2) is 0 Å². The number of amides is 1. The number of hydrogen-bond donors (Lipinski definition) is 1. The molecule has 4 aromatic rings. The topological polar surface area (TPSA) is 77.0 Å². The van der Waals surface area contributed by atoms with Gasteiger partial charge in [-0.15, -0.1) is 0 Å². The molecule has 1 N–H and O–H groups in total. The molecule has 0 aliphatic carbocycles. The largest absolute Gasteiger partial charge is 0.444 e. The van der Waals surface area contributed by atoms with Crippen LogP contribution in [0.15, 0.2) is 91.5 Å². The summed E-state index contributed by atoms with van der Waals surface area (Å²) in [6.07, 6.45) is 6.49. The van der Waals surface area contributed by atoms with E-state index in [-0.39, 0.29) is 17.7 Å². The maximum Gasteiger partial charge on any atom is 0.413 e. The van der Waals surface area contributed by atoms with Gasteiger partial charge in [-0.1, -0.05) is 30.3 Å². The lowest BCUT2D eigenvalue weighted by Gasteiger charge is -2.28. The van der Waals surface area contributed by atoms with Crippen LogP contribution in [0.1, 0.15) is 55.0 Å². The van der Waals surface area contributed by atoms with E-state index < -0.39 is 11.7 Å². The summed E-state index contributed by atoms with van der Waals surface area (Å²) in [5.41, 5.74) is 2.85. The van der Waals surface area contributed by atoms with Crippen LogP contribution < -0.4 is 5.32 Å². The first-order valence-electron chi connectivity index (χ1n) is 11.3. The van der Waals surface area contributed by atoms with Crippen molar-refractivity contribution in [2.45, 2.75) is 38.2 Å². The summed E-state index contributed by atoms with van der Waals surface area (Å²) in [5, 5.41) is 2.72. The van der Waals surface area contributed by atoms with Gasteiger partial charge in [0.05, 0.1) is 5.69 Å². The van der Waals surface area contributed by atoms with Crippen LogP contribution in [0, 0.1) is 5.82 Å². The van der Waals surface area contributed by atoms with Crippen molar-refractivity contribution in [1.29, 1.82) is 0 Å². The summed E-state index contributed by atoms with van der Waals surface area (Å²) in [4.78, 5) is 25.8. The number of anilines is 1. The Balaban J connectivity index is 1.82. The molecule has 178 valence electrons. The van der Waals surface area contributed by atoms with Crippen LogP contribution in [-0.2, 0) is 4.74 Å². The van der Waals surface area contributed by atoms with E-state index in [1.54, 1.807) is 51.4 Å². The van der Waals surface area contributed by atoms with Crippen LogP contribution >= 0.6 is 0 Å². The third kappa shape index (κ3) is 6.26. The van der Waals surface area contributed by atoms with Crippen LogP contribution in [0.2, 0.25) is 0 Å². The molecule has 0 saturated heterocycles. The lowest BCUT2D eigenvalue weighted by atomic mass is 9.76. The molecule has 1 aromatic carbocycles. The van der Waals surface area contributed by atoms with Crippen molar-refractivity contribution in [3.63, 3.8) is 0 Å². The SMILES string of the molecule is CC(C)(C)OC(=O)Nc1cccc(C(c2ccc(F)cc2)C(c2cccnc2)c2cccnc2)n1. The molecule has 0 saturated carbocycles. The lowest BCUT2D eigenvalue weighted by Crippen LogP contribution is -2.27. The number of nitrogens with zero attached hydrogens (tertiary/aromatic N) is 3. The Morgan fingerprint density at radius 2 is 1.46 bits per heavy atom. The molecule has 1 unspecified atom stereocenters. The standard InChI is InChI=1S/C28H27FN4O2/c1-28(2,3)35-27(34)33-24-10-4-9-23(32-24)26(19-11-13-22(29)14-12-19)25(20-7-5-15-30-17-20)21-8-6-16-31-18-21/h4-18,25-26H,1-3H3,(H,32,33,34). The molecule has 1 amide bonds. The van der Waals surface area contributed by atoms with Crippen LogP contribution in [0.25, 0.3) is 0 Å². The van der Waals surface area contributed by atoms with Gasteiger partial charge < -0.3 is 4.74 Å². The Bertz CT molecular complexity index is 1220. The van der Waals surface area contributed by atoms with Crippen molar-refractivity contribution in [3.05, 3.63) is 120 Å². The fraction of sp³-hybridized carbons (Fsp3) is 0.214. The molecular formula is C28H27FN4O2. The molecule has 0 radical (unpaired) electrons. The number of carbonyl (C=O) groups excluding carboxylic acids is 1. The number of benzene rings is 1. The fourth-order valence-electron chi connectivity index (χ4n) is 4.00. The number of rotatable bonds is 6. The minimum absolute atomic E-state index is 0.216. The number of carbonyl (C=O) groups is 1. The van der Waals surface area contributed by atoms with E-state index >= 15 is 0 Å². The van der Waals surface area contributed by atoms with E-state index in [1.807, 2.05) is 48.8 Å². The summed E-state index contributed by atoms with van der Waals surface area (Å²) >= 11 is 0. The van der Waals surface area contributed by atoms with Crippen LogP contribution in [0.4, 0.5) is 15.0 Å². The highest BCUT2D eigenvalue weighted by molar-refractivity contribution is 5.83. The second-order valence-corrected chi connectivity index (χ2v) is 9.15. The van der Waals surface area contributed by atoms with Gasteiger partial charge >= 0.3 is 6.09 Å². The van der Waals surface area contributed by atoms with E-state index in [0.717, 1.165) is 16.7 Å². The molecule has 35 heavy (non-hydrogen) atoms. The Labute approximate surface area is 204 Å². The zero-order valence-electron chi connectivity index (χ0n) is 19.9. The quantitative estimate of drug-likeness (QED) is 0.357. The molecule has 0 spiro atoms. The Morgan fingerprint density at radius 1 is 0.829 bits per heavy atom. The average molecular weight is 471 g/mol. The first-order valence-corrected chi connectivity index (χ1v) is 11.3. The molecule has 0 aliphatic rings. The third-order valence-corrected chi connectivity index (χ3v) is 5.37. The van der Waals surface area contributed by atoms with Crippen molar-refractivity contribution in [1.82, 2.24) is 15.0 Å². The van der Waals surface area contributed by atoms with Gasteiger partial charge in [0, 0.05) is 36.6 Å². The molecule has 0 aliphatic heterocycles. The summed E-state index contributed by atoms with van der Waals surface area (Å²) in [5.74, 6) is -0.489. The zero-order chi connectivity index (χ0) is 24.8. The Morgan fingerprint density at radius 3 is 2.00 bits per heavy atom. The van der Waals surface area contributed by atoms with Gasteiger partial charge in [0.25, 0.3) is 0 Å². The molecule has 6 nitrogen and oxygen atoms in total. The summed E-state index contributed by atoms with van der Waals surface area (Å²) in [7, 11) is 0. The molecule has 3 aromatic heterocycles. The first kappa shape index (κ1) is 24.0. The minimum atomic E-state index is -0.635. The molecule has 4 rings (SSSR count). The van der Waals surface area contributed by atoms with Crippen molar-refractivity contribution >= 4 is 11.9 Å². The van der Waals surface area contributed by atoms with E-state index in [0.29, 0.717) is 11.5 Å². The lowest BCUT2D eigenvalue weighted by molar-refractivity contribution is 0.0635. The maximum absolute atomic E-state index is 13.8. The number of halogens is 1. The second kappa shape index (κ2) is 10.4. The summed E-state index contributed by atoms with van der Waals surface area (Å²) in [6.45, 7) is 5.40. The number of nitrogens with one attached hydrogen (secondary N) is 1. The van der Waals surface area contributed by atoms with Gasteiger partial charge in [-0.2, -0.15) is 0 Å². The zero-order valence-corrected chi connectivity index (χ0v) is 19.9. The van der Waals surface area contributed by atoms with Crippen molar-refractivity contribution in [3.8, 4) is 0 Å². The number of pyridine rings is 3. The van der Waals surface area contributed by atoms with E-state index in [4.69, 9.17) is 9.72 Å². The van der Waals surface area contributed by atoms with E-state index in [1.165, 1.54) is 12.1 Å². The molecule has 0 fully saturated rings. The van der Waals surface area contributed by atoms with Crippen molar-refractivity contribution in [2.75, 3.05) is 5.32 Å².